The fourth-order valence-electron chi connectivity index (χ4n) is 4.71. The lowest BCUT2D eigenvalue weighted by Crippen LogP contribution is -2.56. The van der Waals surface area contributed by atoms with Gasteiger partial charge in [-0.15, -0.1) is 0 Å². The number of hydrogen-bond acceptors (Lipinski definition) is 5. The van der Waals surface area contributed by atoms with Crippen LogP contribution < -0.4 is 5.32 Å². The van der Waals surface area contributed by atoms with Gasteiger partial charge in [-0.25, -0.2) is 9.97 Å². The highest BCUT2D eigenvalue weighted by Crippen LogP contribution is 2.46. The van der Waals surface area contributed by atoms with Gasteiger partial charge in [-0.05, 0) is 48.4 Å². The van der Waals surface area contributed by atoms with E-state index in [-0.39, 0.29) is 6.04 Å². The van der Waals surface area contributed by atoms with E-state index in [4.69, 9.17) is 4.74 Å². The maximum Gasteiger partial charge on any atom is 0.222 e. The molecule has 2 aromatic heterocycles. The van der Waals surface area contributed by atoms with E-state index in [1.54, 1.807) is 12.4 Å². The topological polar surface area (TPSA) is 66.1 Å². The lowest BCUT2D eigenvalue weighted by molar-refractivity contribution is -0.0499. The molecule has 3 aromatic rings. The molecule has 138 valence electrons. The molecular weight excluding hydrogens is 338 g/mol. The van der Waals surface area contributed by atoms with Crippen molar-refractivity contribution >= 4 is 16.9 Å². The number of aromatic amines is 1. The first-order valence-electron chi connectivity index (χ1n) is 9.27. The maximum atomic E-state index is 6.26. The third-order valence-electron chi connectivity index (χ3n) is 5.90. The molecule has 0 amide bonds. The van der Waals surface area contributed by atoms with Crippen LogP contribution in [0.2, 0.25) is 0 Å². The van der Waals surface area contributed by atoms with Crippen LogP contribution in [0.15, 0.2) is 54.5 Å². The van der Waals surface area contributed by atoms with E-state index in [1.165, 1.54) is 27.6 Å². The predicted molar refractivity (Wildman–Crippen MR) is 106 cm³/mol. The van der Waals surface area contributed by atoms with E-state index in [0.29, 0.717) is 12.5 Å². The minimum Gasteiger partial charge on any atom is -0.368 e. The van der Waals surface area contributed by atoms with Crippen LogP contribution in [-0.2, 0) is 16.8 Å². The van der Waals surface area contributed by atoms with Gasteiger partial charge in [-0.2, -0.15) is 0 Å². The Labute approximate surface area is 158 Å². The van der Waals surface area contributed by atoms with Gasteiger partial charge in [0.05, 0.1) is 6.04 Å². The van der Waals surface area contributed by atoms with Crippen molar-refractivity contribution in [3.63, 3.8) is 0 Å². The number of H-pyrrole nitrogens is 1. The van der Waals surface area contributed by atoms with Gasteiger partial charge in [0.25, 0.3) is 0 Å². The second-order valence-electron chi connectivity index (χ2n) is 7.40. The molecule has 2 aliphatic rings. The monoisotopic (exact) mass is 361 g/mol. The number of rotatable bonds is 4. The summed E-state index contributed by atoms with van der Waals surface area (Å²) in [5.74, 6) is 0.647. The van der Waals surface area contributed by atoms with Gasteiger partial charge >= 0.3 is 0 Å². The molecule has 0 saturated carbocycles. The summed E-state index contributed by atoms with van der Waals surface area (Å²) in [6.07, 6.45) is 8.94. The van der Waals surface area contributed by atoms with Crippen LogP contribution in [0, 0.1) is 0 Å². The van der Waals surface area contributed by atoms with Crippen molar-refractivity contribution in [3.05, 3.63) is 65.6 Å². The molecule has 27 heavy (non-hydrogen) atoms. The summed E-state index contributed by atoms with van der Waals surface area (Å²) in [7, 11) is 4.01. The number of hydrogen-bond donors (Lipinski definition) is 2. The summed E-state index contributed by atoms with van der Waals surface area (Å²) in [6.45, 7) is 1.59. The minimum absolute atomic E-state index is 0.271. The zero-order valence-electron chi connectivity index (χ0n) is 15.6. The number of nitrogens with zero attached hydrogens (tertiary/aromatic N) is 3. The Morgan fingerprint density at radius 1 is 1.30 bits per heavy atom. The quantitative estimate of drug-likeness (QED) is 0.700. The Kier molecular flexibility index (Phi) is 3.77. The summed E-state index contributed by atoms with van der Waals surface area (Å²) in [5.41, 5.74) is 4.62. The number of aromatic nitrogens is 3. The molecule has 0 unspecified atom stereocenters. The number of fused-ring (bicyclic) bond motifs is 2. The van der Waals surface area contributed by atoms with Gasteiger partial charge < -0.3 is 15.0 Å². The van der Waals surface area contributed by atoms with Gasteiger partial charge in [0.1, 0.15) is 5.60 Å². The van der Waals surface area contributed by atoms with Crippen LogP contribution >= 0.6 is 0 Å². The predicted octanol–water partition coefficient (Wildman–Crippen LogP) is 2.71. The molecule has 6 heteroatoms. The normalized spacial score (nSPS) is 24.5. The second-order valence-corrected chi connectivity index (χ2v) is 7.40. The number of nitrogens with one attached hydrogen (secondary N) is 2. The molecule has 0 spiro atoms. The molecule has 1 aliphatic heterocycles. The number of benzene rings is 1. The van der Waals surface area contributed by atoms with Gasteiger partial charge in [0.15, 0.2) is 0 Å². The van der Waals surface area contributed by atoms with Gasteiger partial charge in [-0.1, -0.05) is 12.1 Å². The molecular formula is C21H23N5O. The largest absolute Gasteiger partial charge is 0.368 e. The van der Waals surface area contributed by atoms with Crippen molar-refractivity contribution in [2.75, 3.05) is 32.6 Å². The summed E-state index contributed by atoms with van der Waals surface area (Å²) < 4.78 is 6.26. The Morgan fingerprint density at radius 2 is 2.15 bits per heavy atom. The Bertz CT molecular complexity index is 1010. The SMILES string of the molecule is CO[C@]12C=C(CNc3ncccn3)CN(C)[C@@H]1Cc1c[nH]c3cccc2c13. The van der Waals surface area contributed by atoms with E-state index < -0.39 is 5.60 Å². The number of methoxy groups -OCH3 is 1. The number of anilines is 1. The molecule has 0 fully saturated rings. The summed E-state index contributed by atoms with van der Waals surface area (Å²) in [4.78, 5) is 14.3. The average molecular weight is 361 g/mol. The van der Waals surface area contributed by atoms with E-state index >= 15 is 0 Å². The van der Waals surface area contributed by atoms with E-state index in [1.807, 2.05) is 13.2 Å². The van der Waals surface area contributed by atoms with Crippen LogP contribution in [0.1, 0.15) is 11.1 Å². The van der Waals surface area contributed by atoms with Crippen LogP contribution in [0.5, 0.6) is 0 Å². The smallest absolute Gasteiger partial charge is 0.222 e. The molecule has 5 rings (SSSR count). The van der Waals surface area contributed by atoms with Gasteiger partial charge in [0, 0.05) is 49.7 Å². The van der Waals surface area contributed by atoms with Crippen molar-refractivity contribution in [3.8, 4) is 0 Å². The molecule has 0 radical (unpaired) electrons. The van der Waals surface area contributed by atoms with Crippen molar-refractivity contribution in [1.82, 2.24) is 19.9 Å². The van der Waals surface area contributed by atoms with Crippen LogP contribution in [-0.4, -0.2) is 53.1 Å². The molecule has 0 saturated heterocycles. The van der Waals surface area contributed by atoms with Crippen molar-refractivity contribution < 1.29 is 4.74 Å². The molecule has 6 nitrogen and oxygen atoms in total. The fourth-order valence-corrected chi connectivity index (χ4v) is 4.71. The maximum absolute atomic E-state index is 6.26. The summed E-state index contributed by atoms with van der Waals surface area (Å²) in [5, 5.41) is 4.64. The Balaban J connectivity index is 1.57. The minimum atomic E-state index is -0.448. The first kappa shape index (κ1) is 16.5. The lowest BCUT2D eigenvalue weighted by atomic mass is 9.72. The average Bonchev–Trinajstić information content (AvgIpc) is 3.12. The van der Waals surface area contributed by atoms with Crippen molar-refractivity contribution in [1.29, 1.82) is 0 Å². The van der Waals surface area contributed by atoms with Crippen LogP contribution in [0.4, 0.5) is 5.95 Å². The number of ether oxygens (including phenoxy) is 1. The fraction of sp³-hybridized carbons (Fsp3) is 0.333. The standard InChI is InChI=1S/C21H23N5O/c1-26-13-14(11-25-20-22-7-4-8-23-20)10-21(27-2)16-5-3-6-17-19(16)15(12-24-17)9-18(21)26/h3-8,10,12,18,24H,9,11,13H2,1-2H3,(H,22,23,25)/t18-,21+/m1/s1. The summed E-state index contributed by atoms with van der Waals surface area (Å²) >= 11 is 0. The zero-order valence-corrected chi connectivity index (χ0v) is 15.6. The van der Waals surface area contributed by atoms with Crippen LogP contribution in [0.25, 0.3) is 10.9 Å². The van der Waals surface area contributed by atoms with Gasteiger partial charge in [0.2, 0.25) is 5.95 Å². The Hall–Kier alpha value is -2.70. The van der Waals surface area contributed by atoms with E-state index in [9.17, 15) is 0 Å². The number of likely N-dealkylation sites (N-methyl/N-ethyl adjacent to an activating group) is 1. The first-order chi connectivity index (χ1) is 13.2. The van der Waals surface area contributed by atoms with E-state index in [0.717, 1.165) is 13.0 Å². The third-order valence-corrected chi connectivity index (χ3v) is 5.90. The van der Waals surface area contributed by atoms with E-state index in [2.05, 4.69) is 62.7 Å². The molecule has 2 atom stereocenters. The second kappa shape index (κ2) is 6.18. The van der Waals surface area contributed by atoms with Crippen molar-refractivity contribution in [2.45, 2.75) is 18.1 Å². The Morgan fingerprint density at radius 3 is 2.96 bits per heavy atom. The third kappa shape index (κ3) is 2.48. The highest BCUT2D eigenvalue weighted by Gasteiger charge is 2.48. The van der Waals surface area contributed by atoms with Crippen molar-refractivity contribution in [2.24, 2.45) is 0 Å². The zero-order chi connectivity index (χ0) is 18.4. The molecule has 1 aliphatic carbocycles. The lowest BCUT2D eigenvalue weighted by Gasteiger charge is -2.49. The highest BCUT2D eigenvalue weighted by molar-refractivity contribution is 5.89. The van der Waals surface area contributed by atoms with Gasteiger partial charge in [-0.3, -0.25) is 4.90 Å². The molecule has 1 aromatic carbocycles. The molecule has 3 heterocycles. The molecule has 2 N–H and O–H groups in total. The van der Waals surface area contributed by atoms with Crippen LogP contribution in [0.3, 0.4) is 0 Å². The first-order valence-corrected chi connectivity index (χ1v) is 9.27. The summed E-state index contributed by atoms with van der Waals surface area (Å²) in [6, 6.07) is 8.54. The molecule has 0 bridgehead atoms. The highest BCUT2D eigenvalue weighted by atomic mass is 16.5.